The van der Waals surface area contributed by atoms with Gasteiger partial charge < -0.3 is 5.32 Å². The number of carbonyl (C=O) groups is 1. The van der Waals surface area contributed by atoms with Crippen LogP contribution in [0.2, 0.25) is 5.02 Å². The predicted molar refractivity (Wildman–Crippen MR) is 58.6 cm³/mol. The van der Waals surface area contributed by atoms with Crippen molar-refractivity contribution in [2.45, 2.75) is 26.3 Å². The van der Waals surface area contributed by atoms with Gasteiger partial charge in [0, 0.05) is 5.54 Å². The summed E-state index contributed by atoms with van der Waals surface area (Å²) in [6.07, 6.45) is 0. The molecule has 15 heavy (non-hydrogen) atoms. The van der Waals surface area contributed by atoms with Crippen LogP contribution >= 0.6 is 11.6 Å². The summed E-state index contributed by atoms with van der Waals surface area (Å²) < 4.78 is 13.3. The zero-order chi connectivity index (χ0) is 11.6. The highest BCUT2D eigenvalue weighted by molar-refractivity contribution is 6.33. The van der Waals surface area contributed by atoms with Crippen LogP contribution in [-0.2, 0) is 0 Å². The van der Waals surface area contributed by atoms with Gasteiger partial charge in [0.15, 0.2) is 0 Å². The maximum Gasteiger partial charge on any atom is 0.256 e. The molecule has 1 aromatic carbocycles. The highest BCUT2D eigenvalue weighted by Crippen LogP contribution is 2.19. The molecule has 0 atom stereocenters. The van der Waals surface area contributed by atoms with E-state index in [9.17, 15) is 9.18 Å². The Kier molecular flexibility index (Phi) is 3.35. The number of halogens is 2. The molecule has 0 aliphatic heterocycles. The Hall–Kier alpha value is -1.09. The van der Waals surface area contributed by atoms with Crippen molar-refractivity contribution in [3.63, 3.8) is 0 Å². The molecule has 0 fully saturated rings. The van der Waals surface area contributed by atoms with E-state index in [2.05, 4.69) is 5.32 Å². The quantitative estimate of drug-likeness (QED) is 0.788. The van der Waals surface area contributed by atoms with Crippen LogP contribution in [0.25, 0.3) is 0 Å². The molecule has 82 valence electrons. The fourth-order valence-electron chi connectivity index (χ4n) is 1.12. The lowest BCUT2D eigenvalue weighted by Crippen LogP contribution is -2.41. The van der Waals surface area contributed by atoms with Gasteiger partial charge in [0.1, 0.15) is 5.82 Å². The first-order valence-electron chi connectivity index (χ1n) is 4.58. The molecule has 4 heteroatoms. The number of nitrogens with one attached hydrogen (secondary N) is 1. The number of carbonyl (C=O) groups excluding carboxylic acids is 1. The van der Waals surface area contributed by atoms with Crippen LogP contribution < -0.4 is 5.32 Å². The monoisotopic (exact) mass is 229 g/mol. The molecule has 0 bridgehead atoms. The zero-order valence-electron chi connectivity index (χ0n) is 8.90. The molecule has 0 heterocycles. The van der Waals surface area contributed by atoms with E-state index in [1.54, 1.807) is 0 Å². The van der Waals surface area contributed by atoms with Crippen molar-refractivity contribution in [1.82, 2.24) is 5.32 Å². The summed E-state index contributed by atoms with van der Waals surface area (Å²) in [4.78, 5) is 11.7. The van der Waals surface area contributed by atoms with Crippen molar-refractivity contribution >= 4 is 17.5 Å². The van der Waals surface area contributed by atoms with E-state index in [4.69, 9.17) is 11.6 Å². The van der Waals surface area contributed by atoms with Crippen molar-refractivity contribution in [3.8, 4) is 0 Å². The third-order valence-electron chi connectivity index (χ3n) is 1.68. The molecule has 1 aromatic rings. The summed E-state index contributed by atoms with van der Waals surface area (Å²) in [5.74, 6) is -1.10. The largest absolute Gasteiger partial charge is 0.347 e. The van der Waals surface area contributed by atoms with Crippen LogP contribution in [0, 0.1) is 5.82 Å². The van der Waals surface area contributed by atoms with Crippen molar-refractivity contribution in [3.05, 3.63) is 34.6 Å². The smallest absolute Gasteiger partial charge is 0.256 e. The average Bonchev–Trinajstić information content (AvgIpc) is 1.99. The maximum atomic E-state index is 13.3. The Morgan fingerprint density at radius 3 is 2.47 bits per heavy atom. The van der Waals surface area contributed by atoms with Gasteiger partial charge in [-0.15, -0.1) is 0 Å². The highest BCUT2D eigenvalue weighted by Gasteiger charge is 2.20. The number of benzene rings is 1. The van der Waals surface area contributed by atoms with E-state index >= 15 is 0 Å². The Bertz CT molecular complexity index is 364. The van der Waals surface area contributed by atoms with Crippen LogP contribution in [0.4, 0.5) is 4.39 Å². The van der Waals surface area contributed by atoms with Crippen LogP contribution in [-0.4, -0.2) is 11.4 Å². The molecular weight excluding hydrogens is 217 g/mol. The molecule has 0 saturated heterocycles. The minimum Gasteiger partial charge on any atom is -0.347 e. The molecule has 0 radical (unpaired) electrons. The zero-order valence-corrected chi connectivity index (χ0v) is 9.65. The Morgan fingerprint density at radius 2 is 2.00 bits per heavy atom. The fraction of sp³-hybridized carbons (Fsp3) is 0.364. The Morgan fingerprint density at radius 1 is 1.40 bits per heavy atom. The molecule has 1 rings (SSSR count). The summed E-state index contributed by atoms with van der Waals surface area (Å²) in [6.45, 7) is 5.46. The van der Waals surface area contributed by atoms with Crippen molar-refractivity contribution < 1.29 is 9.18 Å². The first kappa shape index (κ1) is 12.0. The van der Waals surface area contributed by atoms with Crippen molar-refractivity contribution in [2.75, 3.05) is 0 Å². The summed E-state index contributed by atoms with van der Waals surface area (Å²) in [7, 11) is 0. The predicted octanol–water partition coefficient (Wildman–Crippen LogP) is 3.01. The standard InChI is InChI=1S/C11H13ClFNO/c1-11(2,3)14-10(15)9-7(12)5-4-6-8(9)13/h4-6H,1-3H3,(H,14,15). The van der Waals surface area contributed by atoms with E-state index in [0.717, 1.165) is 0 Å². The minimum absolute atomic E-state index is 0.103. The van der Waals surface area contributed by atoms with Crippen LogP contribution in [0.3, 0.4) is 0 Å². The van der Waals surface area contributed by atoms with Crippen molar-refractivity contribution in [1.29, 1.82) is 0 Å². The Balaban J connectivity index is 3.02. The molecule has 0 saturated carbocycles. The maximum absolute atomic E-state index is 13.3. The summed E-state index contributed by atoms with van der Waals surface area (Å²) in [6, 6.07) is 4.16. The van der Waals surface area contributed by atoms with Gasteiger partial charge >= 0.3 is 0 Å². The van der Waals surface area contributed by atoms with Gasteiger partial charge in [0.05, 0.1) is 10.6 Å². The second kappa shape index (κ2) is 4.19. The third-order valence-corrected chi connectivity index (χ3v) is 1.99. The van der Waals surface area contributed by atoms with Gasteiger partial charge in [0.2, 0.25) is 0 Å². The van der Waals surface area contributed by atoms with Crippen molar-refractivity contribution in [2.24, 2.45) is 0 Å². The molecule has 0 aliphatic rings. The molecule has 1 amide bonds. The van der Waals surface area contributed by atoms with Gasteiger partial charge in [0.25, 0.3) is 5.91 Å². The number of hydrogen-bond acceptors (Lipinski definition) is 1. The van der Waals surface area contributed by atoms with Gasteiger partial charge in [-0.1, -0.05) is 17.7 Å². The van der Waals surface area contributed by atoms with Gasteiger partial charge in [-0.25, -0.2) is 4.39 Å². The van der Waals surface area contributed by atoms with Crippen LogP contribution in [0.5, 0.6) is 0 Å². The van der Waals surface area contributed by atoms with Gasteiger partial charge in [-0.3, -0.25) is 4.79 Å². The van der Waals surface area contributed by atoms with Crippen LogP contribution in [0.15, 0.2) is 18.2 Å². The normalized spacial score (nSPS) is 11.3. The Labute approximate surface area is 93.4 Å². The summed E-state index contributed by atoms with van der Waals surface area (Å²) in [5.41, 5.74) is -0.517. The van der Waals surface area contributed by atoms with E-state index in [0.29, 0.717) is 0 Å². The SMILES string of the molecule is CC(C)(C)NC(=O)c1c(F)cccc1Cl. The second-order valence-corrected chi connectivity index (χ2v) is 4.71. The first-order chi connectivity index (χ1) is 6.81. The average molecular weight is 230 g/mol. The number of rotatable bonds is 1. The van der Waals surface area contributed by atoms with E-state index in [1.165, 1.54) is 18.2 Å². The molecule has 0 unspecified atom stereocenters. The number of hydrogen-bond donors (Lipinski definition) is 1. The lowest BCUT2D eigenvalue weighted by atomic mass is 10.1. The molecular formula is C11H13ClFNO. The minimum atomic E-state index is -0.607. The molecule has 1 N–H and O–H groups in total. The van der Waals surface area contributed by atoms with Gasteiger partial charge in [-0.2, -0.15) is 0 Å². The molecule has 0 spiro atoms. The summed E-state index contributed by atoms with van der Waals surface area (Å²) in [5, 5.41) is 2.78. The molecule has 2 nitrogen and oxygen atoms in total. The van der Waals surface area contributed by atoms with E-state index in [-0.39, 0.29) is 10.6 Å². The third kappa shape index (κ3) is 3.20. The summed E-state index contributed by atoms with van der Waals surface area (Å²) >= 11 is 5.75. The lowest BCUT2D eigenvalue weighted by molar-refractivity contribution is 0.0915. The topological polar surface area (TPSA) is 29.1 Å². The van der Waals surface area contributed by atoms with E-state index < -0.39 is 17.3 Å². The van der Waals surface area contributed by atoms with Crippen LogP contribution in [0.1, 0.15) is 31.1 Å². The van der Waals surface area contributed by atoms with E-state index in [1.807, 2.05) is 20.8 Å². The van der Waals surface area contributed by atoms with Gasteiger partial charge in [-0.05, 0) is 32.9 Å². The highest BCUT2D eigenvalue weighted by atomic mass is 35.5. The molecule has 0 aromatic heterocycles. The fourth-order valence-corrected chi connectivity index (χ4v) is 1.37. The number of amides is 1. The first-order valence-corrected chi connectivity index (χ1v) is 4.95. The second-order valence-electron chi connectivity index (χ2n) is 4.30. The lowest BCUT2D eigenvalue weighted by Gasteiger charge is -2.20. The molecule has 0 aliphatic carbocycles.